The predicted octanol–water partition coefficient (Wildman–Crippen LogP) is 1.60. The van der Waals surface area contributed by atoms with Crippen LogP contribution in [0, 0.1) is 0 Å². The van der Waals surface area contributed by atoms with Gasteiger partial charge in [0.15, 0.2) is 0 Å². The van der Waals surface area contributed by atoms with Gasteiger partial charge in [0, 0.05) is 13.1 Å². The van der Waals surface area contributed by atoms with Gasteiger partial charge < -0.3 is 10.1 Å². The minimum absolute atomic E-state index is 0.454. The minimum Gasteiger partial charge on any atom is -0.487 e. The third-order valence-electron chi connectivity index (χ3n) is 3.60. The molecular weight excluding hydrogens is 240 g/mol. The van der Waals surface area contributed by atoms with Gasteiger partial charge in [-0.3, -0.25) is 4.68 Å². The molecule has 1 aromatic carbocycles. The van der Waals surface area contributed by atoms with E-state index in [2.05, 4.69) is 27.8 Å². The van der Waals surface area contributed by atoms with Crippen molar-refractivity contribution < 1.29 is 4.74 Å². The minimum atomic E-state index is 0.454. The van der Waals surface area contributed by atoms with E-state index in [0.717, 1.165) is 24.3 Å². The van der Waals surface area contributed by atoms with Gasteiger partial charge in [0.2, 0.25) is 0 Å². The quantitative estimate of drug-likeness (QED) is 0.905. The van der Waals surface area contributed by atoms with Crippen LogP contribution in [0.3, 0.4) is 0 Å². The highest BCUT2D eigenvalue weighted by Crippen LogP contribution is 2.36. The summed E-state index contributed by atoms with van der Waals surface area (Å²) in [5.41, 5.74) is 3.54. The molecule has 5 heteroatoms. The van der Waals surface area contributed by atoms with Crippen LogP contribution in [0.4, 0.5) is 0 Å². The van der Waals surface area contributed by atoms with E-state index in [1.165, 1.54) is 11.1 Å². The van der Waals surface area contributed by atoms with Crippen molar-refractivity contribution in [2.24, 2.45) is 7.05 Å². The second-order valence-electron chi connectivity index (χ2n) is 4.88. The zero-order valence-electron chi connectivity index (χ0n) is 11.3. The highest BCUT2D eigenvalue weighted by Gasteiger charge is 2.23. The van der Waals surface area contributed by atoms with Gasteiger partial charge in [-0.1, -0.05) is 17.3 Å². The first-order valence-electron chi connectivity index (χ1n) is 6.55. The van der Waals surface area contributed by atoms with E-state index >= 15 is 0 Å². The third-order valence-corrected chi connectivity index (χ3v) is 3.60. The number of nitrogens with one attached hydrogen (secondary N) is 1. The van der Waals surface area contributed by atoms with Gasteiger partial charge in [-0.05, 0) is 37.1 Å². The average molecular weight is 258 g/mol. The third kappa shape index (κ3) is 2.33. The molecule has 0 saturated heterocycles. The second kappa shape index (κ2) is 5.01. The van der Waals surface area contributed by atoms with Gasteiger partial charge in [0.05, 0.1) is 6.20 Å². The van der Waals surface area contributed by atoms with Gasteiger partial charge in [0.1, 0.15) is 18.1 Å². The van der Waals surface area contributed by atoms with Crippen molar-refractivity contribution in [1.29, 1.82) is 0 Å². The smallest absolute Gasteiger partial charge is 0.134 e. The number of benzene rings is 1. The highest BCUT2D eigenvalue weighted by atomic mass is 16.5. The summed E-state index contributed by atoms with van der Waals surface area (Å²) in [5, 5.41) is 11.3. The van der Waals surface area contributed by atoms with Crippen molar-refractivity contribution in [3.8, 4) is 5.75 Å². The summed E-state index contributed by atoms with van der Waals surface area (Å²) in [7, 11) is 3.86. The Bertz CT molecular complexity index is 579. The molecule has 0 spiro atoms. The number of fused-ring (bicyclic) bond motifs is 1. The Labute approximate surface area is 112 Å². The molecule has 0 saturated carbocycles. The Morgan fingerprint density at radius 2 is 2.37 bits per heavy atom. The Morgan fingerprint density at radius 3 is 3.11 bits per heavy atom. The normalized spacial score (nSPS) is 17.5. The van der Waals surface area contributed by atoms with E-state index in [0.29, 0.717) is 12.6 Å². The van der Waals surface area contributed by atoms with Gasteiger partial charge >= 0.3 is 0 Å². The van der Waals surface area contributed by atoms with E-state index < -0.39 is 0 Å². The van der Waals surface area contributed by atoms with Crippen molar-refractivity contribution >= 4 is 0 Å². The van der Waals surface area contributed by atoms with Gasteiger partial charge in [-0.25, -0.2) is 0 Å². The molecule has 0 bridgehead atoms. The van der Waals surface area contributed by atoms with E-state index in [1.54, 1.807) is 4.68 Å². The number of ether oxygens (including phenoxy) is 1. The van der Waals surface area contributed by atoms with Crippen LogP contribution in [-0.2, 0) is 20.1 Å². The maximum absolute atomic E-state index is 5.90. The van der Waals surface area contributed by atoms with Crippen molar-refractivity contribution in [1.82, 2.24) is 20.3 Å². The molecule has 0 radical (unpaired) electrons. The van der Waals surface area contributed by atoms with Gasteiger partial charge in [-0.15, -0.1) is 5.10 Å². The zero-order chi connectivity index (χ0) is 13.2. The van der Waals surface area contributed by atoms with Crippen molar-refractivity contribution in [3.05, 3.63) is 41.2 Å². The van der Waals surface area contributed by atoms with Crippen LogP contribution >= 0.6 is 0 Å². The number of rotatable bonds is 4. The number of nitrogens with zero attached hydrogens (tertiary/aromatic N) is 3. The molecule has 1 heterocycles. The lowest BCUT2D eigenvalue weighted by Crippen LogP contribution is -2.12. The molecule has 1 aliphatic carbocycles. The Kier molecular flexibility index (Phi) is 3.21. The van der Waals surface area contributed by atoms with Crippen LogP contribution in [0.15, 0.2) is 24.4 Å². The number of hydrogen-bond donors (Lipinski definition) is 1. The van der Waals surface area contributed by atoms with E-state index in [1.807, 2.05) is 26.4 Å². The SMILES string of the molecule is CNC1CCc2c(OCc3cn(C)nn3)cccc21. The average Bonchev–Trinajstić information content (AvgIpc) is 3.02. The molecule has 3 rings (SSSR count). The fourth-order valence-electron chi connectivity index (χ4n) is 2.67. The standard InChI is InChI=1S/C14H18N4O/c1-15-13-7-6-12-11(13)4-3-5-14(12)19-9-10-8-18(2)17-16-10/h3-5,8,13,15H,6-7,9H2,1-2H3. The van der Waals surface area contributed by atoms with Gasteiger partial charge in [0.25, 0.3) is 0 Å². The highest BCUT2D eigenvalue weighted by molar-refractivity contribution is 5.45. The summed E-state index contributed by atoms with van der Waals surface area (Å²) in [6.07, 6.45) is 4.08. The molecule has 1 aliphatic rings. The summed E-state index contributed by atoms with van der Waals surface area (Å²) in [6.45, 7) is 0.467. The lowest BCUT2D eigenvalue weighted by Gasteiger charge is -2.12. The molecule has 2 aromatic rings. The zero-order valence-corrected chi connectivity index (χ0v) is 11.3. The monoisotopic (exact) mass is 258 g/mol. The first-order chi connectivity index (χ1) is 9.28. The number of aryl methyl sites for hydroxylation is 1. The van der Waals surface area contributed by atoms with Gasteiger partial charge in [-0.2, -0.15) is 0 Å². The molecule has 0 aliphatic heterocycles. The Balaban J connectivity index is 1.77. The molecule has 1 N–H and O–H groups in total. The van der Waals surface area contributed by atoms with E-state index in [-0.39, 0.29) is 0 Å². The second-order valence-corrected chi connectivity index (χ2v) is 4.88. The first kappa shape index (κ1) is 12.2. The summed E-state index contributed by atoms with van der Waals surface area (Å²) < 4.78 is 7.58. The van der Waals surface area contributed by atoms with Crippen LogP contribution in [0.25, 0.3) is 0 Å². The molecule has 100 valence electrons. The molecular formula is C14H18N4O. The maximum atomic E-state index is 5.90. The molecule has 0 amide bonds. The van der Waals surface area contributed by atoms with E-state index in [9.17, 15) is 0 Å². The summed E-state index contributed by atoms with van der Waals surface area (Å²) in [4.78, 5) is 0. The van der Waals surface area contributed by atoms with Crippen molar-refractivity contribution in [2.45, 2.75) is 25.5 Å². The van der Waals surface area contributed by atoms with E-state index in [4.69, 9.17) is 4.74 Å². The lowest BCUT2D eigenvalue weighted by atomic mass is 10.1. The predicted molar refractivity (Wildman–Crippen MR) is 71.9 cm³/mol. The summed E-state index contributed by atoms with van der Waals surface area (Å²) in [5.74, 6) is 0.973. The number of hydrogen-bond acceptors (Lipinski definition) is 4. The molecule has 1 unspecified atom stereocenters. The molecule has 5 nitrogen and oxygen atoms in total. The first-order valence-corrected chi connectivity index (χ1v) is 6.55. The topological polar surface area (TPSA) is 52.0 Å². The Morgan fingerprint density at radius 1 is 1.47 bits per heavy atom. The summed E-state index contributed by atoms with van der Waals surface area (Å²) >= 11 is 0. The van der Waals surface area contributed by atoms with Crippen molar-refractivity contribution in [3.63, 3.8) is 0 Å². The van der Waals surface area contributed by atoms with Crippen LogP contribution in [-0.4, -0.2) is 22.0 Å². The van der Waals surface area contributed by atoms with Crippen LogP contribution in [0.2, 0.25) is 0 Å². The van der Waals surface area contributed by atoms with Crippen molar-refractivity contribution in [2.75, 3.05) is 7.05 Å². The molecule has 0 fully saturated rings. The Hall–Kier alpha value is -1.88. The van der Waals surface area contributed by atoms with Crippen LogP contribution in [0.1, 0.15) is 29.3 Å². The number of aromatic nitrogens is 3. The van der Waals surface area contributed by atoms with Crippen LogP contribution < -0.4 is 10.1 Å². The van der Waals surface area contributed by atoms with Crippen LogP contribution in [0.5, 0.6) is 5.75 Å². The maximum Gasteiger partial charge on any atom is 0.134 e. The largest absolute Gasteiger partial charge is 0.487 e. The lowest BCUT2D eigenvalue weighted by molar-refractivity contribution is 0.298. The molecule has 1 atom stereocenters. The molecule has 19 heavy (non-hydrogen) atoms. The fraction of sp³-hybridized carbons (Fsp3) is 0.429. The fourth-order valence-corrected chi connectivity index (χ4v) is 2.67. The molecule has 1 aromatic heterocycles. The summed E-state index contributed by atoms with van der Waals surface area (Å²) in [6, 6.07) is 6.72.